The Morgan fingerprint density at radius 1 is 1.11 bits per heavy atom. The quantitative estimate of drug-likeness (QED) is 0.798. The van der Waals surface area contributed by atoms with Crippen LogP contribution >= 0.6 is 0 Å². The average molecular weight is 420 g/mol. The lowest BCUT2D eigenvalue weighted by Gasteiger charge is -2.24. The van der Waals surface area contributed by atoms with Gasteiger partial charge in [0.25, 0.3) is 15.9 Å². The van der Waals surface area contributed by atoms with Crippen molar-refractivity contribution in [3.63, 3.8) is 0 Å². The van der Waals surface area contributed by atoms with Crippen molar-refractivity contribution in [1.82, 2.24) is 4.31 Å². The smallest absolute Gasteiger partial charge is 0.438 e. The number of amides is 1. The molecule has 0 atom stereocenters. The molecule has 1 saturated heterocycles. The summed E-state index contributed by atoms with van der Waals surface area (Å²) in [5.74, 6) is -1.92. The first-order chi connectivity index (χ1) is 13.2. The van der Waals surface area contributed by atoms with Crippen LogP contribution in [0, 0.1) is 0 Å². The zero-order valence-electron chi connectivity index (χ0n) is 14.2. The van der Waals surface area contributed by atoms with Crippen LogP contribution in [0.1, 0.15) is 10.6 Å². The second-order valence-corrected chi connectivity index (χ2v) is 7.50. The molecular weight excluding hydrogens is 405 g/mol. The summed E-state index contributed by atoms with van der Waals surface area (Å²) in [6, 6.07) is 7.16. The van der Waals surface area contributed by atoms with Gasteiger partial charge in [0.15, 0.2) is 11.5 Å². The van der Waals surface area contributed by atoms with Gasteiger partial charge in [-0.25, -0.2) is 8.42 Å². The van der Waals surface area contributed by atoms with E-state index in [1.807, 2.05) is 0 Å². The third kappa shape index (κ3) is 4.64. The van der Waals surface area contributed by atoms with Crippen molar-refractivity contribution >= 4 is 21.6 Å². The third-order valence-electron chi connectivity index (χ3n) is 3.73. The molecule has 1 aliphatic rings. The van der Waals surface area contributed by atoms with Gasteiger partial charge < -0.3 is 19.2 Å². The van der Waals surface area contributed by atoms with Gasteiger partial charge in [0.05, 0.1) is 18.9 Å². The number of rotatable bonds is 5. The van der Waals surface area contributed by atoms with Crippen molar-refractivity contribution in [2.24, 2.45) is 0 Å². The van der Waals surface area contributed by atoms with Crippen LogP contribution in [-0.4, -0.2) is 51.3 Å². The Morgan fingerprint density at radius 2 is 1.79 bits per heavy atom. The zero-order valence-corrected chi connectivity index (χ0v) is 15.0. The molecular formula is C16H15F3N2O6S. The second-order valence-electron chi connectivity index (χ2n) is 5.63. The number of benzene rings is 1. The molecule has 8 nitrogen and oxygen atoms in total. The number of para-hydroxylation sites is 2. The van der Waals surface area contributed by atoms with Gasteiger partial charge in [-0.3, -0.25) is 4.79 Å². The van der Waals surface area contributed by atoms with Gasteiger partial charge >= 0.3 is 6.36 Å². The summed E-state index contributed by atoms with van der Waals surface area (Å²) in [6.45, 7) is 0.770. The van der Waals surface area contributed by atoms with Gasteiger partial charge in [-0.05, 0) is 24.3 Å². The minimum absolute atomic E-state index is 0.146. The van der Waals surface area contributed by atoms with Crippen molar-refractivity contribution in [3.05, 3.63) is 42.2 Å². The first-order valence-electron chi connectivity index (χ1n) is 8.01. The molecule has 0 bridgehead atoms. The number of nitrogens with one attached hydrogen (secondary N) is 1. The van der Waals surface area contributed by atoms with Crippen molar-refractivity contribution in [1.29, 1.82) is 0 Å². The maximum absolute atomic E-state index is 12.5. The lowest BCUT2D eigenvalue weighted by molar-refractivity contribution is -0.274. The highest BCUT2D eigenvalue weighted by Gasteiger charge is 2.33. The minimum Gasteiger partial charge on any atom is -0.438 e. The van der Waals surface area contributed by atoms with Crippen LogP contribution in [0.4, 0.5) is 18.9 Å². The SMILES string of the molecule is O=C(Nc1ccccc1OC(F)(F)F)c1ccc(S(=O)(=O)N2CCOCC2)o1. The Balaban J connectivity index is 1.77. The van der Waals surface area contributed by atoms with Crippen LogP contribution < -0.4 is 10.1 Å². The molecule has 28 heavy (non-hydrogen) atoms. The highest BCUT2D eigenvalue weighted by Crippen LogP contribution is 2.30. The number of alkyl halides is 3. The van der Waals surface area contributed by atoms with Gasteiger partial charge in [0.2, 0.25) is 5.09 Å². The van der Waals surface area contributed by atoms with Gasteiger partial charge in [0.1, 0.15) is 0 Å². The van der Waals surface area contributed by atoms with E-state index in [1.165, 1.54) is 18.2 Å². The van der Waals surface area contributed by atoms with Gasteiger partial charge in [-0.2, -0.15) is 4.31 Å². The molecule has 1 amide bonds. The van der Waals surface area contributed by atoms with E-state index in [4.69, 9.17) is 9.15 Å². The Morgan fingerprint density at radius 3 is 2.46 bits per heavy atom. The Hall–Kier alpha value is -2.57. The lowest BCUT2D eigenvalue weighted by Crippen LogP contribution is -2.40. The topological polar surface area (TPSA) is 98.1 Å². The lowest BCUT2D eigenvalue weighted by atomic mass is 10.3. The highest BCUT2D eigenvalue weighted by atomic mass is 32.2. The van der Waals surface area contributed by atoms with Crippen molar-refractivity contribution < 1.29 is 40.3 Å². The molecule has 152 valence electrons. The highest BCUT2D eigenvalue weighted by molar-refractivity contribution is 7.89. The van der Waals surface area contributed by atoms with E-state index in [2.05, 4.69) is 10.1 Å². The van der Waals surface area contributed by atoms with Crippen molar-refractivity contribution in [2.45, 2.75) is 11.5 Å². The summed E-state index contributed by atoms with van der Waals surface area (Å²) in [4.78, 5) is 12.3. The molecule has 0 unspecified atom stereocenters. The molecule has 1 N–H and O–H groups in total. The largest absolute Gasteiger partial charge is 0.573 e. The Bertz CT molecular complexity index is 951. The maximum Gasteiger partial charge on any atom is 0.573 e. The Labute approximate surface area is 157 Å². The number of ether oxygens (including phenoxy) is 2. The van der Waals surface area contributed by atoms with Gasteiger partial charge in [-0.15, -0.1) is 13.2 Å². The van der Waals surface area contributed by atoms with E-state index in [-0.39, 0.29) is 37.8 Å². The Kier molecular flexibility index (Phi) is 5.63. The van der Waals surface area contributed by atoms with Gasteiger partial charge in [0, 0.05) is 13.1 Å². The van der Waals surface area contributed by atoms with Crippen molar-refractivity contribution in [3.8, 4) is 5.75 Å². The number of hydrogen-bond acceptors (Lipinski definition) is 6. The first kappa shape index (κ1) is 20.2. The standard InChI is InChI=1S/C16H15F3N2O6S/c17-16(18,19)27-12-4-2-1-3-11(12)20-15(22)13-5-6-14(26-13)28(23,24)21-7-9-25-10-8-21/h1-6H,7-10H2,(H,20,22). The van der Waals surface area contributed by atoms with Crippen molar-refractivity contribution in [2.75, 3.05) is 31.6 Å². The number of anilines is 1. The molecule has 0 radical (unpaired) electrons. The number of halogens is 3. The minimum atomic E-state index is -4.94. The molecule has 12 heteroatoms. The van der Waals surface area contributed by atoms with Gasteiger partial charge in [-0.1, -0.05) is 12.1 Å². The fourth-order valence-electron chi connectivity index (χ4n) is 2.46. The molecule has 1 fully saturated rings. The van der Waals surface area contributed by atoms with E-state index < -0.39 is 33.1 Å². The van der Waals surface area contributed by atoms with Crippen LogP contribution in [0.5, 0.6) is 5.75 Å². The van der Waals surface area contributed by atoms with Crippen LogP contribution in [0.15, 0.2) is 45.9 Å². The monoisotopic (exact) mass is 420 g/mol. The molecule has 1 aromatic heterocycles. The number of nitrogens with zero attached hydrogens (tertiary/aromatic N) is 1. The summed E-state index contributed by atoms with van der Waals surface area (Å²) in [6.07, 6.45) is -4.94. The normalized spacial score (nSPS) is 16.0. The number of carbonyl (C=O) groups is 1. The number of sulfonamides is 1. The predicted molar refractivity (Wildman–Crippen MR) is 89.4 cm³/mol. The molecule has 3 rings (SSSR count). The molecule has 1 aliphatic heterocycles. The molecule has 2 aromatic rings. The summed E-state index contributed by atoms with van der Waals surface area (Å²) in [5.41, 5.74) is -0.251. The van der Waals surface area contributed by atoms with E-state index in [0.717, 1.165) is 22.5 Å². The molecule has 0 aliphatic carbocycles. The molecule has 0 saturated carbocycles. The van der Waals surface area contributed by atoms with E-state index in [1.54, 1.807) is 0 Å². The van der Waals surface area contributed by atoms with Crippen LogP contribution in [-0.2, 0) is 14.8 Å². The number of carbonyl (C=O) groups excluding carboxylic acids is 1. The zero-order chi connectivity index (χ0) is 20.4. The average Bonchev–Trinajstić information content (AvgIpc) is 3.14. The van der Waals surface area contributed by atoms with E-state index >= 15 is 0 Å². The fraction of sp³-hybridized carbons (Fsp3) is 0.312. The van der Waals surface area contributed by atoms with Crippen LogP contribution in [0.3, 0.4) is 0 Å². The summed E-state index contributed by atoms with van der Waals surface area (Å²) < 4.78 is 77.6. The second kappa shape index (κ2) is 7.81. The number of morpholine rings is 1. The summed E-state index contributed by atoms with van der Waals surface area (Å²) in [5, 5.41) is 1.76. The molecule has 2 heterocycles. The summed E-state index contributed by atoms with van der Waals surface area (Å²) in [7, 11) is -3.95. The molecule has 1 aromatic carbocycles. The number of furan rings is 1. The number of hydrogen-bond donors (Lipinski definition) is 1. The fourth-order valence-corrected chi connectivity index (χ4v) is 3.78. The summed E-state index contributed by atoms with van der Waals surface area (Å²) >= 11 is 0. The van der Waals surface area contributed by atoms with E-state index in [9.17, 15) is 26.4 Å². The van der Waals surface area contributed by atoms with Crippen LogP contribution in [0.25, 0.3) is 0 Å². The third-order valence-corrected chi connectivity index (χ3v) is 5.50. The predicted octanol–water partition coefficient (Wildman–Crippen LogP) is 2.45. The molecule has 0 spiro atoms. The first-order valence-corrected chi connectivity index (χ1v) is 9.45. The van der Waals surface area contributed by atoms with Crippen LogP contribution in [0.2, 0.25) is 0 Å². The van der Waals surface area contributed by atoms with E-state index in [0.29, 0.717) is 0 Å². The maximum atomic E-state index is 12.5.